The van der Waals surface area contributed by atoms with Crippen LogP contribution < -0.4 is 20.7 Å². The zero-order valence-corrected chi connectivity index (χ0v) is 53.5. The Kier molecular flexibility index (Phi) is 14.2. The van der Waals surface area contributed by atoms with Crippen LogP contribution in [0.25, 0.3) is 61.7 Å². The monoisotopic (exact) mass is 1190 g/mol. The largest absolute Gasteiger partial charge is 0.277 e. The van der Waals surface area contributed by atoms with Crippen LogP contribution >= 0.6 is 10.0 Å². The second-order valence-electron chi connectivity index (χ2n) is 25.9. The Labute approximate surface area is 531 Å². The van der Waals surface area contributed by atoms with Crippen molar-refractivity contribution in [3.8, 4) is 39.9 Å². The van der Waals surface area contributed by atoms with Crippen LogP contribution in [0.5, 0.6) is 0 Å². The molecule has 1 aliphatic carbocycles. The van der Waals surface area contributed by atoms with E-state index in [1.807, 2.05) is 0 Å². The van der Waals surface area contributed by atoms with E-state index < -0.39 is 18.1 Å². The van der Waals surface area contributed by atoms with Crippen molar-refractivity contribution in [2.45, 2.75) is 77.9 Å². The number of rotatable bonds is 12. The third kappa shape index (κ3) is 9.47. The van der Waals surface area contributed by atoms with Crippen LogP contribution in [0.4, 0.5) is 0 Å². The summed E-state index contributed by atoms with van der Waals surface area (Å²) in [6.45, 7) is 14.0. The number of aromatic nitrogens is 4. The standard InChI is InChI=1S/C84H70N4SSi/c1-83(2,3)61-56-75-74-55-58(78-72-49-27-25-47-70(72)71-48-26-28-50-73(71)78)51-52-77(74)88(79(75)76(57-61)84(4,5)6)82-86-80(59-31-29-39-65(53-59)89(62-33-13-7-14-34-62,63-35-15-8-16-36-63)64-37-17-9-18-38-64)85-81(87-82)60-32-30-46-69(54-60)90(66-40-19-10-20-41-66,67-42-21-11-22-43-67)68-44-23-12-24-45-68/h7-57,78H,1-6H3. The second kappa shape index (κ2) is 22.6. The Morgan fingerprint density at radius 3 is 1.28 bits per heavy atom. The predicted octanol–water partition coefficient (Wildman–Crippen LogP) is 18.8. The van der Waals surface area contributed by atoms with Gasteiger partial charge in [0.1, 0.15) is 0 Å². The number of fused-ring (bicyclic) bond motifs is 6. The molecule has 0 atom stereocenters. The maximum atomic E-state index is 5.84. The topological polar surface area (TPSA) is 43.6 Å². The fourth-order valence-corrected chi connectivity index (χ4v) is 23.0. The summed E-state index contributed by atoms with van der Waals surface area (Å²) in [4.78, 5) is 22.3. The molecule has 15 rings (SSSR count). The summed E-state index contributed by atoms with van der Waals surface area (Å²) in [5.74, 6) is 1.83. The van der Waals surface area contributed by atoms with Gasteiger partial charge in [0.15, 0.2) is 19.7 Å². The molecule has 436 valence electrons. The Hall–Kier alpha value is -9.98. The van der Waals surface area contributed by atoms with Crippen LogP contribution in [-0.2, 0) is 10.8 Å². The lowest BCUT2D eigenvalue weighted by molar-refractivity contribution is 0.572. The summed E-state index contributed by atoms with van der Waals surface area (Å²) in [5.41, 5.74) is 12.6. The van der Waals surface area contributed by atoms with Crippen molar-refractivity contribution >= 4 is 60.7 Å². The van der Waals surface area contributed by atoms with E-state index >= 15 is 0 Å². The third-order valence-electron chi connectivity index (χ3n) is 18.5. The van der Waals surface area contributed by atoms with Gasteiger partial charge in [0.2, 0.25) is 5.95 Å². The number of nitrogens with zero attached hydrogens (tertiary/aromatic N) is 4. The minimum Gasteiger partial charge on any atom is -0.277 e. The van der Waals surface area contributed by atoms with Crippen molar-refractivity contribution in [2.75, 3.05) is 0 Å². The molecule has 0 aliphatic heterocycles. The average molecular weight is 1200 g/mol. The Morgan fingerprint density at radius 2 is 0.789 bits per heavy atom. The van der Waals surface area contributed by atoms with Crippen LogP contribution in [-0.4, -0.2) is 27.6 Å². The lowest BCUT2D eigenvalue weighted by Gasteiger charge is -2.42. The van der Waals surface area contributed by atoms with Gasteiger partial charge in [-0.25, -0.2) is 4.98 Å². The molecule has 4 nitrogen and oxygen atoms in total. The van der Waals surface area contributed by atoms with E-state index in [0.29, 0.717) is 17.6 Å². The first-order chi connectivity index (χ1) is 43.9. The molecular weight excluding hydrogens is 1130 g/mol. The molecule has 90 heavy (non-hydrogen) atoms. The predicted molar refractivity (Wildman–Crippen MR) is 379 cm³/mol. The van der Waals surface area contributed by atoms with Crippen molar-refractivity contribution in [3.05, 3.63) is 337 Å². The second-order valence-corrected chi connectivity index (χ2v) is 32.9. The molecule has 0 saturated carbocycles. The first kappa shape index (κ1) is 56.5. The van der Waals surface area contributed by atoms with Gasteiger partial charge in [-0.15, -0.1) is 10.0 Å². The molecule has 14 aromatic rings. The average Bonchev–Trinajstić information content (AvgIpc) is 1.35. The van der Waals surface area contributed by atoms with Gasteiger partial charge < -0.3 is 0 Å². The van der Waals surface area contributed by atoms with Crippen molar-refractivity contribution in [2.24, 2.45) is 0 Å². The molecule has 2 heterocycles. The number of benzene rings is 12. The molecule has 12 aromatic carbocycles. The van der Waals surface area contributed by atoms with E-state index in [1.54, 1.807) is 0 Å². The molecule has 0 radical (unpaired) electrons. The third-order valence-corrected chi connectivity index (χ3v) is 27.1. The van der Waals surface area contributed by atoms with Crippen LogP contribution in [0.15, 0.2) is 329 Å². The molecule has 6 heteroatoms. The summed E-state index contributed by atoms with van der Waals surface area (Å²) in [7, 11) is -5.07. The fourth-order valence-electron chi connectivity index (χ4n) is 14.3. The highest BCUT2D eigenvalue weighted by Crippen LogP contribution is 2.73. The van der Waals surface area contributed by atoms with Gasteiger partial charge in [0.05, 0.1) is 11.0 Å². The molecule has 0 amide bonds. The van der Waals surface area contributed by atoms with Gasteiger partial charge in [-0.3, -0.25) is 4.57 Å². The molecule has 0 unspecified atom stereocenters. The Balaban J connectivity index is 1.03. The summed E-state index contributed by atoms with van der Waals surface area (Å²) in [5, 5.41) is 7.48. The zero-order valence-electron chi connectivity index (χ0n) is 51.7. The van der Waals surface area contributed by atoms with E-state index in [-0.39, 0.29) is 16.7 Å². The molecular formula is C84H70N4SSi. The summed E-state index contributed by atoms with van der Waals surface area (Å²) in [6, 6.07) is 115. The van der Waals surface area contributed by atoms with Crippen LogP contribution in [0.3, 0.4) is 0 Å². The van der Waals surface area contributed by atoms with Gasteiger partial charge in [0, 0.05) is 47.4 Å². The van der Waals surface area contributed by atoms with Gasteiger partial charge in [-0.2, -0.15) is 9.97 Å². The minimum atomic E-state index is -2.99. The van der Waals surface area contributed by atoms with Gasteiger partial charge in [-0.1, -0.05) is 284 Å². The molecule has 1 aliphatic rings. The lowest BCUT2D eigenvalue weighted by atomic mass is 9.79. The Morgan fingerprint density at radius 1 is 0.356 bits per heavy atom. The van der Waals surface area contributed by atoms with Crippen molar-refractivity contribution < 1.29 is 0 Å². The van der Waals surface area contributed by atoms with Crippen molar-refractivity contribution in [1.82, 2.24) is 19.5 Å². The van der Waals surface area contributed by atoms with E-state index in [2.05, 4.69) is 355 Å². The molecule has 0 bridgehead atoms. The zero-order chi connectivity index (χ0) is 61.2. The Bertz CT molecular complexity index is 4530. The minimum absolute atomic E-state index is 0.0678. The first-order valence-corrected chi connectivity index (χ1v) is 35.0. The van der Waals surface area contributed by atoms with Crippen LogP contribution in [0, 0.1) is 0 Å². The molecule has 0 N–H and O–H groups in total. The lowest BCUT2D eigenvalue weighted by Crippen LogP contribution is -2.74. The molecule has 2 aromatic heterocycles. The summed E-state index contributed by atoms with van der Waals surface area (Å²) >= 11 is 0. The van der Waals surface area contributed by atoms with Gasteiger partial charge in [0.25, 0.3) is 0 Å². The van der Waals surface area contributed by atoms with Gasteiger partial charge >= 0.3 is 0 Å². The summed E-state index contributed by atoms with van der Waals surface area (Å²) < 4.78 is 2.38. The van der Waals surface area contributed by atoms with Crippen molar-refractivity contribution in [3.63, 3.8) is 0 Å². The maximum Gasteiger partial charge on any atom is 0.238 e. The van der Waals surface area contributed by atoms with E-state index in [1.165, 1.54) is 90.0 Å². The van der Waals surface area contributed by atoms with E-state index in [9.17, 15) is 0 Å². The highest BCUT2D eigenvalue weighted by Gasteiger charge is 2.42. The number of hydrogen-bond donors (Lipinski definition) is 0. The quantitative estimate of drug-likeness (QED) is 0.0904. The molecule has 0 spiro atoms. The first-order valence-electron chi connectivity index (χ1n) is 31.3. The van der Waals surface area contributed by atoms with Crippen LogP contribution in [0.1, 0.15) is 75.3 Å². The van der Waals surface area contributed by atoms with Crippen LogP contribution in [0.2, 0.25) is 0 Å². The van der Waals surface area contributed by atoms with Gasteiger partial charge in [-0.05, 0) is 137 Å². The normalized spacial score (nSPS) is 12.9. The highest BCUT2D eigenvalue weighted by atomic mass is 32.3. The fraction of sp³-hybridized carbons (Fsp3) is 0.107. The molecule has 0 saturated heterocycles. The maximum absolute atomic E-state index is 5.84. The highest BCUT2D eigenvalue weighted by molar-refractivity contribution is 8.34. The van der Waals surface area contributed by atoms with E-state index in [4.69, 9.17) is 15.0 Å². The van der Waals surface area contributed by atoms with E-state index in [0.717, 1.165) is 22.2 Å². The smallest absolute Gasteiger partial charge is 0.238 e. The SMILES string of the molecule is CC(C)(C)c1cc(C(C)(C)C)c2c(c1)c1cc(C3c4ccccc4-c4ccccc43)ccc1n2-c1nc(-c2cccc([Si](c3ccccc3)(c3ccccc3)c3ccccc3)c2)nc(-c2cccc(S(c3ccccc3)(c3ccccc3)c3ccccc3)c2)n1. The molecule has 0 fully saturated rings. The number of hydrogen-bond acceptors (Lipinski definition) is 3. The summed E-state index contributed by atoms with van der Waals surface area (Å²) in [6.07, 6.45) is 0. The van der Waals surface area contributed by atoms with Crippen molar-refractivity contribution in [1.29, 1.82) is 0 Å².